The molecular weight excluding hydrogens is 392 g/mol. The van der Waals surface area contributed by atoms with Crippen LogP contribution in [0.15, 0.2) is 29.6 Å². The third kappa shape index (κ3) is 5.47. The number of benzene rings is 1. The Morgan fingerprint density at radius 1 is 1.14 bits per heavy atom. The number of aromatic nitrogens is 2. The van der Waals surface area contributed by atoms with Gasteiger partial charge in [-0.25, -0.2) is 8.42 Å². The van der Waals surface area contributed by atoms with Crippen LogP contribution in [0.4, 0.5) is 0 Å². The minimum Gasteiger partial charge on any atom is -0.299 e. The Kier molecular flexibility index (Phi) is 6.99. The van der Waals surface area contributed by atoms with E-state index in [0.717, 1.165) is 48.9 Å². The fraction of sp³-hybridized carbons (Fsp3) is 0.571. The molecule has 0 amide bonds. The van der Waals surface area contributed by atoms with Crippen molar-refractivity contribution in [1.29, 1.82) is 0 Å². The van der Waals surface area contributed by atoms with Crippen molar-refractivity contribution in [1.82, 2.24) is 9.59 Å². The Bertz CT molecular complexity index is 867. The van der Waals surface area contributed by atoms with Gasteiger partial charge in [0.1, 0.15) is 11.5 Å². The lowest BCUT2D eigenvalue weighted by Gasteiger charge is -2.28. The molecule has 1 heterocycles. The largest absolute Gasteiger partial charge is 0.299 e. The molecule has 0 N–H and O–H groups in total. The third-order valence-corrected chi connectivity index (χ3v) is 8.64. The van der Waals surface area contributed by atoms with Gasteiger partial charge < -0.3 is 0 Å². The Hall–Kier alpha value is -1.60. The second-order valence-corrected chi connectivity index (χ2v) is 11.3. The molecule has 0 atom stereocenters. The second kappa shape index (κ2) is 9.27. The minimum absolute atomic E-state index is 0.0957. The predicted molar refractivity (Wildman–Crippen MR) is 113 cm³/mol. The summed E-state index contributed by atoms with van der Waals surface area (Å²) in [5.74, 6) is 0.896. The molecule has 1 aromatic heterocycles. The molecule has 0 bridgehead atoms. The number of hydrogen-bond acceptors (Lipinski definition) is 6. The number of carbonyl (C=O) groups is 1. The second-order valence-electron chi connectivity index (χ2n) is 8.05. The summed E-state index contributed by atoms with van der Waals surface area (Å²) in [6.45, 7) is 3.48. The van der Waals surface area contributed by atoms with Gasteiger partial charge in [-0.3, -0.25) is 4.79 Å². The quantitative estimate of drug-likeness (QED) is 0.635. The zero-order valence-electron chi connectivity index (χ0n) is 16.5. The molecule has 1 fully saturated rings. The molecule has 28 heavy (non-hydrogen) atoms. The van der Waals surface area contributed by atoms with E-state index in [2.05, 4.69) is 21.7 Å². The highest BCUT2D eigenvalue weighted by Gasteiger charge is 2.29. The van der Waals surface area contributed by atoms with Crippen LogP contribution in [-0.4, -0.2) is 34.8 Å². The van der Waals surface area contributed by atoms with E-state index >= 15 is 0 Å². The highest BCUT2D eigenvalue weighted by atomic mass is 32.2. The van der Waals surface area contributed by atoms with Gasteiger partial charge in [-0.1, -0.05) is 28.8 Å². The van der Waals surface area contributed by atoms with Crippen molar-refractivity contribution in [3.8, 4) is 11.3 Å². The topological polar surface area (TPSA) is 77.0 Å². The number of sulfone groups is 1. The summed E-state index contributed by atoms with van der Waals surface area (Å²) in [6, 6.07) is 8.15. The number of rotatable bonds is 8. The normalized spacial score (nSPS) is 20.4. The van der Waals surface area contributed by atoms with Crippen LogP contribution in [0, 0.1) is 11.8 Å². The highest BCUT2D eigenvalue weighted by Crippen LogP contribution is 2.32. The van der Waals surface area contributed by atoms with E-state index in [9.17, 15) is 13.2 Å². The molecular formula is C21H28N2O3S2. The monoisotopic (exact) mass is 420 g/mol. The Labute approximate surface area is 171 Å². The van der Waals surface area contributed by atoms with Gasteiger partial charge in [0, 0.05) is 23.3 Å². The minimum atomic E-state index is -2.99. The maximum Gasteiger partial charge on any atom is 0.152 e. The summed E-state index contributed by atoms with van der Waals surface area (Å²) in [5.41, 5.74) is 3.07. The van der Waals surface area contributed by atoms with Gasteiger partial charge in [0.25, 0.3) is 0 Å². The lowest BCUT2D eigenvalue weighted by molar-refractivity contribution is -0.124. The van der Waals surface area contributed by atoms with Gasteiger partial charge in [-0.05, 0) is 69.0 Å². The molecule has 2 aromatic rings. The van der Waals surface area contributed by atoms with E-state index in [0.29, 0.717) is 12.2 Å². The molecule has 0 unspecified atom stereocenters. The van der Waals surface area contributed by atoms with Crippen molar-refractivity contribution in [3.05, 3.63) is 35.2 Å². The number of carbonyl (C=O) groups excluding carboxylic acids is 1. The van der Waals surface area contributed by atoms with Crippen molar-refractivity contribution in [2.24, 2.45) is 11.8 Å². The van der Waals surface area contributed by atoms with E-state index in [-0.39, 0.29) is 22.8 Å². The van der Waals surface area contributed by atoms with Gasteiger partial charge in [-0.15, -0.1) is 5.10 Å². The molecule has 1 aliphatic rings. The molecule has 0 saturated heterocycles. The molecule has 0 aliphatic heterocycles. The van der Waals surface area contributed by atoms with Crippen LogP contribution in [-0.2, 0) is 21.1 Å². The molecule has 0 radical (unpaired) electrons. The maximum absolute atomic E-state index is 12.6. The summed E-state index contributed by atoms with van der Waals surface area (Å²) in [5, 5.41) is 5.67. The van der Waals surface area contributed by atoms with E-state index in [4.69, 9.17) is 0 Å². The molecule has 152 valence electrons. The Balaban J connectivity index is 1.45. The average molecular weight is 421 g/mol. The smallest absolute Gasteiger partial charge is 0.152 e. The summed E-state index contributed by atoms with van der Waals surface area (Å²) in [4.78, 5) is 12.6. The molecule has 0 spiro atoms. The zero-order valence-corrected chi connectivity index (χ0v) is 18.1. The molecule has 1 aliphatic carbocycles. The lowest BCUT2D eigenvalue weighted by Crippen LogP contribution is -2.28. The summed E-state index contributed by atoms with van der Waals surface area (Å²) in [6.07, 6.45) is 4.64. The van der Waals surface area contributed by atoms with Crippen molar-refractivity contribution < 1.29 is 13.2 Å². The first-order chi connectivity index (χ1) is 13.3. The summed E-state index contributed by atoms with van der Waals surface area (Å²) in [7, 11) is -2.99. The van der Waals surface area contributed by atoms with Gasteiger partial charge in [0.15, 0.2) is 9.84 Å². The summed E-state index contributed by atoms with van der Waals surface area (Å²) < 4.78 is 28.1. The van der Waals surface area contributed by atoms with Gasteiger partial charge in [0.05, 0.1) is 11.0 Å². The number of aryl methyl sites for hydroxylation is 1. The molecule has 7 heteroatoms. The van der Waals surface area contributed by atoms with Crippen LogP contribution in [0.1, 0.15) is 51.5 Å². The fourth-order valence-electron chi connectivity index (χ4n) is 3.78. The van der Waals surface area contributed by atoms with E-state index in [1.165, 1.54) is 11.5 Å². The first-order valence-electron chi connectivity index (χ1n) is 9.96. The number of Topliss-reactive ketones (excluding diaryl/α,β-unsaturated/α-hetero) is 1. The Morgan fingerprint density at radius 2 is 1.82 bits per heavy atom. The summed E-state index contributed by atoms with van der Waals surface area (Å²) >= 11 is 1.33. The lowest BCUT2D eigenvalue weighted by atomic mass is 9.79. The van der Waals surface area contributed by atoms with Crippen LogP contribution in [0.3, 0.4) is 0 Å². The molecule has 3 rings (SSSR count). The predicted octanol–water partition coefficient (Wildman–Crippen LogP) is 4.34. The average Bonchev–Trinajstić information content (AvgIpc) is 3.21. The van der Waals surface area contributed by atoms with Crippen LogP contribution in [0.5, 0.6) is 0 Å². The van der Waals surface area contributed by atoms with Crippen molar-refractivity contribution >= 4 is 27.2 Å². The standard InChI is InChI=1S/C21H28N2O3S2/c1-15(2)28(25,26)14-17-5-10-19(11-6-17)21(24)12-7-16-3-8-18(9-4-16)20-13-27-23-22-20/h3-4,8-9,13,15,17,19H,5-7,10-12,14H2,1-2H3. The number of nitrogens with zero attached hydrogens (tertiary/aromatic N) is 2. The molecule has 5 nitrogen and oxygen atoms in total. The van der Waals surface area contributed by atoms with Crippen LogP contribution in [0.2, 0.25) is 0 Å². The van der Waals surface area contributed by atoms with Crippen molar-refractivity contribution in [2.45, 2.75) is 57.6 Å². The fourth-order valence-corrected chi connectivity index (χ4v) is 5.62. The van der Waals surface area contributed by atoms with Gasteiger partial charge in [0.2, 0.25) is 0 Å². The van der Waals surface area contributed by atoms with Crippen LogP contribution >= 0.6 is 11.5 Å². The van der Waals surface area contributed by atoms with Gasteiger partial charge >= 0.3 is 0 Å². The Morgan fingerprint density at radius 3 is 2.39 bits per heavy atom. The highest BCUT2D eigenvalue weighted by molar-refractivity contribution is 7.91. The van der Waals surface area contributed by atoms with Gasteiger partial charge in [-0.2, -0.15) is 0 Å². The van der Waals surface area contributed by atoms with Crippen LogP contribution in [0.25, 0.3) is 11.3 Å². The first kappa shape index (κ1) is 21.1. The molecule has 1 saturated carbocycles. The van der Waals surface area contributed by atoms with Crippen LogP contribution < -0.4 is 0 Å². The number of hydrogen-bond donors (Lipinski definition) is 0. The first-order valence-corrected chi connectivity index (χ1v) is 12.5. The number of ketones is 1. The van der Waals surface area contributed by atoms with E-state index in [1.54, 1.807) is 13.8 Å². The van der Waals surface area contributed by atoms with Crippen molar-refractivity contribution in [3.63, 3.8) is 0 Å². The maximum atomic E-state index is 12.6. The molecule has 1 aromatic carbocycles. The van der Waals surface area contributed by atoms with E-state index < -0.39 is 9.84 Å². The third-order valence-electron chi connectivity index (χ3n) is 5.76. The zero-order chi connectivity index (χ0) is 20.1. The van der Waals surface area contributed by atoms with Crippen molar-refractivity contribution in [2.75, 3.05) is 5.75 Å². The SMILES string of the molecule is CC(C)S(=O)(=O)CC1CCC(C(=O)CCc2ccc(-c3csnn3)cc2)CC1. The van der Waals surface area contributed by atoms with E-state index in [1.807, 2.05) is 17.5 Å².